The zero-order valence-electron chi connectivity index (χ0n) is 14.7. The molecule has 0 aliphatic carbocycles. The van der Waals surface area contributed by atoms with Gasteiger partial charge < -0.3 is 5.32 Å². The standard InChI is InChI=1S/C18H27N3O3S/c22-15(20-18-19-12-14-25-18)9-7-5-3-1-2-4-6-8-13-21-16(23)10-11-17(21)24/h12,14H,1-11,13H2,(H,19,20,22). The molecule has 7 heteroatoms. The van der Waals surface area contributed by atoms with Gasteiger partial charge in [0, 0.05) is 37.4 Å². The molecule has 0 atom stereocenters. The van der Waals surface area contributed by atoms with Crippen LogP contribution in [0.4, 0.5) is 5.13 Å². The highest BCUT2D eigenvalue weighted by atomic mass is 32.1. The first-order valence-corrected chi connectivity index (χ1v) is 10.1. The van der Waals surface area contributed by atoms with E-state index in [2.05, 4.69) is 10.3 Å². The van der Waals surface area contributed by atoms with Crippen molar-refractivity contribution >= 4 is 34.2 Å². The molecule has 0 unspecified atom stereocenters. The highest BCUT2D eigenvalue weighted by Gasteiger charge is 2.27. The fourth-order valence-corrected chi connectivity index (χ4v) is 3.50. The molecule has 2 rings (SSSR count). The van der Waals surface area contributed by atoms with Crippen molar-refractivity contribution in [2.45, 2.75) is 70.6 Å². The van der Waals surface area contributed by atoms with Gasteiger partial charge in [-0.25, -0.2) is 4.98 Å². The Morgan fingerprint density at radius 3 is 2.20 bits per heavy atom. The lowest BCUT2D eigenvalue weighted by atomic mass is 10.1. The third-order valence-corrected chi connectivity index (χ3v) is 5.06. The average Bonchev–Trinajstić information content (AvgIpc) is 3.20. The Morgan fingerprint density at radius 2 is 1.60 bits per heavy atom. The van der Waals surface area contributed by atoms with Crippen molar-refractivity contribution in [1.29, 1.82) is 0 Å². The summed E-state index contributed by atoms with van der Waals surface area (Å²) in [6.45, 7) is 0.589. The first-order valence-electron chi connectivity index (χ1n) is 9.19. The zero-order valence-corrected chi connectivity index (χ0v) is 15.5. The molecule has 1 aliphatic rings. The van der Waals surface area contributed by atoms with E-state index in [9.17, 15) is 14.4 Å². The van der Waals surface area contributed by atoms with Gasteiger partial charge in [0.2, 0.25) is 17.7 Å². The number of carbonyl (C=O) groups is 3. The summed E-state index contributed by atoms with van der Waals surface area (Å²) in [7, 11) is 0. The second-order valence-corrected chi connectivity index (χ2v) is 7.30. The third kappa shape index (κ3) is 7.34. The van der Waals surface area contributed by atoms with Gasteiger partial charge in [-0.1, -0.05) is 38.5 Å². The molecule has 2 heterocycles. The number of imide groups is 1. The molecule has 138 valence electrons. The molecule has 0 bridgehead atoms. The molecule has 1 aliphatic heterocycles. The Morgan fingerprint density at radius 1 is 1.00 bits per heavy atom. The van der Waals surface area contributed by atoms with E-state index < -0.39 is 0 Å². The predicted octanol–water partition coefficient (Wildman–Crippen LogP) is 3.74. The second-order valence-electron chi connectivity index (χ2n) is 6.40. The fraction of sp³-hybridized carbons (Fsp3) is 0.667. The minimum atomic E-state index is -0.0103. The summed E-state index contributed by atoms with van der Waals surface area (Å²) in [5.74, 6) is 0.0220. The third-order valence-electron chi connectivity index (χ3n) is 4.37. The Bertz CT molecular complexity index is 544. The summed E-state index contributed by atoms with van der Waals surface area (Å²) < 4.78 is 0. The maximum absolute atomic E-state index is 11.7. The van der Waals surface area contributed by atoms with Crippen molar-refractivity contribution in [3.8, 4) is 0 Å². The highest BCUT2D eigenvalue weighted by molar-refractivity contribution is 7.13. The van der Waals surface area contributed by atoms with E-state index in [0.717, 1.165) is 38.5 Å². The number of aromatic nitrogens is 1. The number of hydrogen-bond acceptors (Lipinski definition) is 5. The summed E-state index contributed by atoms with van der Waals surface area (Å²) in [6.07, 6.45) is 11.6. The van der Waals surface area contributed by atoms with Crippen LogP contribution in [0.2, 0.25) is 0 Å². The molecule has 3 amide bonds. The van der Waals surface area contributed by atoms with Gasteiger partial charge in [0.05, 0.1) is 0 Å². The van der Waals surface area contributed by atoms with Crippen molar-refractivity contribution in [1.82, 2.24) is 9.88 Å². The molecule has 0 spiro atoms. The van der Waals surface area contributed by atoms with E-state index in [1.807, 2.05) is 5.38 Å². The molecule has 1 N–H and O–H groups in total. The van der Waals surface area contributed by atoms with Gasteiger partial charge in [-0.3, -0.25) is 19.3 Å². The van der Waals surface area contributed by atoms with Crippen molar-refractivity contribution in [3.05, 3.63) is 11.6 Å². The molecule has 1 saturated heterocycles. The van der Waals surface area contributed by atoms with E-state index in [1.54, 1.807) is 6.20 Å². The summed E-state index contributed by atoms with van der Waals surface area (Å²) in [5, 5.41) is 5.31. The Kier molecular flexibility index (Phi) is 8.59. The molecular weight excluding hydrogens is 338 g/mol. The molecule has 6 nitrogen and oxygen atoms in total. The molecule has 1 fully saturated rings. The maximum atomic E-state index is 11.7. The van der Waals surface area contributed by atoms with Gasteiger partial charge in [-0.05, 0) is 12.8 Å². The van der Waals surface area contributed by atoms with Gasteiger partial charge in [0.1, 0.15) is 0 Å². The van der Waals surface area contributed by atoms with Crippen molar-refractivity contribution in [3.63, 3.8) is 0 Å². The lowest BCUT2D eigenvalue weighted by Crippen LogP contribution is -2.29. The Hall–Kier alpha value is -1.76. The smallest absolute Gasteiger partial charge is 0.229 e. The Balaban J connectivity index is 1.37. The number of carbonyl (C=O) groups excluding carboxylic acids is 3. The molecule has 0 aromatic carbocycles. The van der Waals surface area contributed by atoms with Crippen LogP contribution < -0.4 is 5.32 Å². The normalized spacial score (nSPS) is 14.3. The number of rotatable bonds is 12. The lowest BCUT2D eigenvalue weighted by molar-refractivity contribution is -0.138. The number of amides is 3. The Labute approximate surface area is 153 Å². The number of unbranched alkanes of at least 4 members (excludes halogenated alkanes) is 7. The van der Waals surface area contributed by atoms with Crippen molar-refractivity contribution < 1.29 is 14.4 Å². The van der Waals surface area contributed by atoms with Crippen LogP contribution in [0.1, 0.15) is 70.6 Å². The summed E-state index contributed by atoms with van der Waals surface area (Å²) in [4.78, 5) is 40.0. The number of hydrogen-bond donors (Lipinski definition) is 1. The molecule has 1 aromatic rings. The minimum Gasteiger partial charge on any atom is -0.302 e. The minimum absolute atomic E-state index is 0.0103. The highest BCUT2D eigenvalue weighted by Crippen LogP contribution is 2.15. The molecule has 0 saturated carbocycles. The van der Waals surface area contributed by atoms with Crippen LogP contribution in [-0.4, -0.2) is 34.2 Å². The van der Waals surface area contributed by atoms with Crippen LogP contribution >= 0.6 is 11.3 Å². The zero-order chi connectivity index (χ0) is 17.9. The van der Waals surface area contributed by atoms with Crippen molar-refractivity contribution in [2.75, 3.05) is 11.9 Å². The SMILES string of the molecule is O=C(CCCCCCCCCCN1C(=O)CCC1=O)Nc1nccs1. The van der Waals surface area contributed by atoms with Crippen LogP contribution in [0, 0.1) is 0 Å². The predicted molar refractivity (Wildman–Crippen MR) is 98.3 cm³/mol. The van der Waals surface area contributed by atoms with Gasteiger partial charge >= 0.3 is 0 Å². The first-order chi connectivity index (χ1) is 12.2. The van der Waals surface area contributed by atoms with Crippen LogP contribution in [0.15, 0.2) is 11.6 Å². The molecule has 25 heavy (non-hydrogen) atoms. The van der Waals surface area contributed by atoms with Gasteiger partial charge in [0.15, 0.2) is 5.13 Å². The monoisotopic (exact) mass is 365 g/mol. The van der Waals surface area contributed by atoms with E-state index in [1.165, 1.54) is 29.1 Å². The lowest BCUT2D eigenvalue weighted by Gasteiger charge is -2.13. The number of anilines is 1. The molecule has 1 aromatic heterocycles. The van der Waals surface area contributed by atoms with Gasteiger partial charge in [-0.15, -0.1) is 11.3 Å². The second kappa shape index (κ2) is 11.0. The first kappa shape index (κ1) is 19.6. The average molecular weight is 365 g/mol. The van der Waals surface area contributed by atoms with Crippen molar-refractivity contribution in [2.24, 2.45) is 0 Å². The summed E-state index contributed by atoms with van der Waals surface area (Å²) in [6, 6.07) is 0. The summed E-state index contributed by atoms with van der Waals surface area (Å²) in [5.41, 5.74) is 0. The summed E-state index contributed by atoms with van der Waals surface area (Å²) >= 11 is 1.43. The number of nitrogens with one attached hydrogen (secondary N) is 1. The van der Waals surface area contributed by atoms with E-state index in [-0.39, 0.29) is 17.7 Å². The van der Waals surface area contributed by atoms with Crippen LogP contribution in [0.25, 0.3) is 0 Å². The van der Waals surface area contributed by atoms with Gasteiger partial charge in [-0.2, -0.15) is 0 Å². The van der Waals surface area contributed by atoms with Crippen LogP contribution in [0.3, 0.4) is 0 Å². The van der Waals surface area contributed by atoms with Crippen LogP contribution in [-0.2, 0) is 14.4 Å². The van der Waals surface area contributed by atoms with E-state index >= 15 is 0 Å². The van der Waals surface area contributed by atoms with E-state index in [4.69, 9.17) is 0 Å². The fourth-order valence-electron chi connectivity index (χ4n) is 2.96. The largest absolute Gasteiger partial charge is 0.302 e. The number of likely N-dealkylation sites (tertiary alicyclic amines) is 1. The maximum Gasteiger partial charge on any atom is 0.229 e. The molecule has 0 radical (unpaired) electrons. The number of nitrogens with zero attached hydrogens (tertiary/aromatic N) is 2. The topological polar surface area (TPSA) is 79.4 Å². The van der Waals surface area contributed by atoms with Crippen LogP contribution in [0.5, 0.6) is 0 Å². The molecular formula is C18H27N3O3S. The van der Waals surface area contributed by atoms with E-state index in [0.29, 0.717) is 30.9 Å². The quantitative estimate of drug-likeness (QED) is 0.452. The number of thiazole rings is 1. The van der Waals surface area contributed by atoms with Gasteiger partial charge in [0.25, 0.3) is 0 Å².